The lowest BCUT2D eigenvalue weighted by atomic mass is 10.0. The zero-order valence-electron chi connectivity index (χ0n) is 22.0. The number of nitrogens with one attached hydrogen (secondary N) is 2. The van der Waals surface area contributed by atoms with Gasteiger partial charge < -0.3 is 26.1 Å². The Kier molecular flexibility index (Phi) is 8.55. The number of nitrogens with zero attached hydrogens (tertiary/aromatic N) is 5. The zero-order valence-corrected chi connectivity index (χ0v) is 24.5. The van der Waals surface area contributed by atoms with Crippen LogP contribution in [0.2, 0.25) is 0 Å². The summed E-state index contributed by atoms with van der Waals surface area (Å²) in [4.78, 5) is 76.0. The number of thiazole rings is 1. The molecule has 0 spiro atoms. The van der Waals surface area contributed by atoms with E-state index in [1.807, 2.05) is 0 Å². The summed E-state index contributed by atoms with van der Waals surface area (Å²) in [6.07, 6.45) is 0. The third-order valence-electron chi connectivity index (χ3n) is 6.16. The molecule has 0 radical (unpaired) electrons. The number of aromatic nitrogens is 4. The van der Waals surface area contributed by atoms with Crippen molar-refractivity contribution in [1.82, 2.24) is 30.0 Å². The number of aromatic amines is 1. The van der Waals surface area contributed by atoms with Gasteiger partial charge in [-0.1, -0.05) is 29.1 Å². The molecule has 16 nitrogen and oxygen atoms in total. The SMILES string of the molecule is Cn1[nH]c(=O)c(=O)nc1SCC1=C(C(=O)O)N2C(=O)[C@@H](NC(=O)/C(=N\OCc3ccc(O)cc3)c3csc(N)n3)[C@@H]2SC1. The number of carboxylic acids is 1. The van der Waals surface area contributed by atoms with Crippen molar-refractivity contribution in [3.8, 4) is 5.75 Å². The van der Waals surface area contributed by atoms with Gasteiger partial charge in [0.15, 0.2) is 16.0 Å². The normalized spacial score (nSPS) is 18.2. The van der Waals surface area contributed by atoms with Gasteiger partial charge in [-0.2, -0.15) is 4.98 Å². The maximum Gasteiger partial charge on any atom is 0.352 e. The summed E-state index contributed by atoms with van der Waals surface area (Å²) < 4.78 is 1.25. The van der Waals surface area contributed by atoms with Crippen LogP contribution in [-0.4, -0.2) is 81.3 Å². The van der Waals surface area contributed by atoms with Crippen LogP contribution in [0.5, 0.6) is 5.75 Å². The van der Waals surface area contributed by atoms with Crippen LogP contribution in [0.15, 0.2) is 60.8 Å². The quantitative estimate of drug-likeness (QED) is 0.0624. The second-order valence-corrected chi connectivity index (χ2v) is 12.0. The molecule has 4 heterocycles. The average molecular weight is 647 g/mol. The highest BCUT2D eigenvalue weighted by atomic mass is 32.2. The first-order valence-electron chi connectivity index (χ1n) is 12.2. The predicted octanol–water partition coefficient (Wildman–Crippen LogP) is -0.335. The number of β-lactam (4-membered cyclic amide) rings is 1. The summed E-state index contributed by atoms with van der Waals surface area (Å²) in [6, 6.07) is 5.12. The minimum Gasteiger partial charge on any atom is -0.508 e. The summed E-state index contributed by atoms with van der Waals surface area (Å²) in [5, 5.41) is 29.4. The molecule has 224 valence electrons. The van der Waals surface area contributed by atoms with Gasteiger partial charge in [-0.25, -0.2) is 9.78 Å². The Bertz CT molecular complexity index is 1780. The lowest BCUT2D eigenvalue weighted by Crippen LogP contribution is -2.71. The van der Waals surface area contributed by atoms with Gasteiger partial charge in [0.1, 0.15) is 35.2 Å². The molecule has 43 heavy (non-hydrogen) atoms. The number of aryl methyl sites for hydroxylation is 1. The van der Waals surface area contributed by atoms with Crippen LogP contribution < -0.4 is 22.2 Å². The van der Waals surface area contributed by atoms with Crippen LogP contribution >= 0.6 is 34.9 Å². The van der Waals surface area contributed by atoms with Gasteiger partial charge in [-0.05, 0) is 23.3 Å². The second kappa shape index (κ2) is 12.3. The fraction of sp³-hybridized carbons (Fsp3) is 0.250. The molecule has 0 unspecified atom stereocenters. The summed E-state index contributed by atoms with van der Waals surface area (Å²) in [7, 11) is 1.48. The number of fused-ring (bicyclic) bond motifs is 1. The molecule has 5 rings (SSSR count). The van der Waals surface area contributed by atoms with E-state index in [1.165, 1.54) is 41.0 Å². The van der Waals surface area contributed by atoms with Crippen molar-refractivity contribution in [1.29, 1.82) is 0 Å². The number of carbonyl (C=O) groups excluding carboxylic acids is 2. The third kappa shape index (κ3) is 6.27. The first-order valence-corrected chi connectivity index (χ1v) is 15.1. The van der Waals surface area contributed by atoms with Gasteiger partial charge in [-0.15, -0.1) is 23.1 Å². The van der Waals surface area contributed by atoms with E-state index in [9.17, 15) is 34.2 Å². The van der Waals surface area contributed by atoms with E-state index in [4.69, 9.17) is 10.6 Å². The number of thioether (sulfide) groups is 2. The number of nitrogen functional groups attached to an aromatic ring is 1. The highest BCUT2D eigenvalue weighted by Gasteiger charge is 2.54. The van der Waals surface area contributed by atoms with Crippen LogP contribution in [0.25, 0.3) is 0 Å². The minimum atomic E-state index is -1.33. The molecule has 19 heteroatoms. The molecule has 2 aliphatic rings. The van der Waals surface area contributed by atoms with Crippen molar-refractivity contribution in [2.24, 2.45) is 12.2 Å². The lowest BCUT2D eigenvalue weighted by molar-refractivity contribution is -0.150. The van der Waals surface area contributed by atoms with Crippen LogP contribution in [0, 0.1) is 0 Å². The van der Waals surface area contributed by atoms with Crippen LogP contribution in [0.4, 0.5) is 5.13 Å². The van der Waals surface area contributed by atoms with Crippen molar-refractivity contribution in [3.05, 3.63) is 72.9 Å². The fourth-order valence-corrected chi connectivity index (χ4v) is 7.06. The maximum atomic E-state index is 13.3. The van der Waals surface area contributed by atoms with Crippen molar-refractivity contribution in [2.75, 3.05) is 17.2 Å². The maximum absolute atomic E-state index is 13.3. The van der Waals surface area contributed by atoms with Crippen LogP contribution in [0.1, 0.15) is 11.3 Å². The molecular formula is C24H22N8O8S3. The molecule has 2 aliphatic heterocycles. The molecule has 6 N–H and O–H groups in total. The average Bonchev–Trinajstić information content (AvgIpc) is 3.40. The number of phenolic OH excluding ortho intramolecular Hbond substituents is 1. The Morgan fingerprint density at radius 2 is 2.00 bits per heavy atom. The smallest absolute Gasteiger partial charge is 0.352 e. The number of aromatic hydroxyl groups is 1. The number of H-pyrrole nitrogens is 1. The topological polar surface area (TPSA) is 235 Å². The Hall–Kier alpha value is -4.62. The van der Waals surface area contributed by atoms with Gasteiger partial charge >= 0.3 is 17.1 Å². The van der Waals surface area contributed by atoms with E-state index >= 15 is 0 Å². The minimum absolute atomic E-state index is 0.0262. The van der Waals surface area contributed by atoms with E-state index in [2.05, 4.69) is 25.5 Å². The van der Waals surface area contributed by atoms with Crippen LogP contribution in [0.3, 0.4) is 0 Å². The van der Waals surface area contributed by atoms with Crippen molar-refractivity contribution >= 4 is 63.5 Å². The number of rotatable bonds is 10. The number of nitrogens with two attached hydrogens (primary N) is 1. The van der Waals surface area contributed by atoms with Crippen molar-refractivity contribution in [3.63, 3.8) is 0 Å². The monoisotopic (exact) mass is 646 g/mol. The Morgan fingerprint density at radius 3 is 2.67 bits per heavy atom. The molecule has 3 aromatic rings. The van der Waals surface area contributed by atoms with Gasteiger partial charge in [-0.3, -0.25) is 33.9 Å². The third-order valence-corrected chi connectivity index (χ3v) is 9.29. The molecule has 2 atom stereocenters. The number of benzene rings is 1. The molecule has 1 saturated heterocycles. The van der Waals surface area contributed by atoms with E-state index in [-0.39, 0.29) is 51.3 Å². The molecule has 0 bridgehead atoms. The van der Waals surface area contributed by atoms with Gasteiger partial charge in [0.25, 0.3) is 11.8 Å². The van der Waals surface area contributed by atoms with Gasteiger partial charge in [0, 0.05) is 23.9 Å². The molecule has 1 fully saturated rings. The van der Waals surface area contributed by atoms with E-state index in [0.29, 0.717) is 11.1 Å². The zero-order chi connectivity index (χ0) is 30.8. The second-order valence-electron chi connectivity index (χ2n) is 9.06. The summed E-state index contributed by atoms with van der Waals surface area (Å²) in [6.45, 7) is -0.0262. The predicted molar refractivity (Wildman–Crippen MR) is 156 cm³/mol. The molecule has 2 amide bonds. The Morgan fingerprint density at radius 1 is 1.26 bits per heavy atom. The Labute approximate surface area is 253 Å². The molecule has 0 aliphatic carbocycles. The lowest BCUT2D eigenvalue weighted by Gasteiger charge is -2.49. The van der Waals surface area contributed by atoms with E-state index in [0.717, 1.165) is 28.0 Å². The first-order chi connectivity index (χ1) is 20.5. The molecule has 2 aromatic heterocycles. The van der Waals surface area contributed by atoms with Gasteiger partial charge in [0.05, 0.1) is 0 Å². The van der Waals surface area contributed by atoms with Crippen molar-refractivity contribution < 1.29 is 29.4 Å². The van der Waals surface area contributed by atoms with Crippen LogP contribution in [-0.2, 0) is 32.9 Å². The molecule has 0 saturated carbocycles. The number of hydrogen-bond acceptors (Lipinski definition) is 14. The number of anilines is 1. The van der Waals surface area contributed by atoms with E-state index in [1.54, 1.807) is 12.1 Å². The number of carbonyl (C=O) groups is 3. The number of amides is 2. The molecular weight excluding hydrogens is 625 g/mol. The summed E-state index contributed by atoms with van der Waals surface area (Å²) in [5.41, 5.74) is 4.61. The number of hydrogen-bond donors (Lipinski definition) is 5. The molecule has 1 aromatic carbocycles. The number of carboxylic acid groups (broad SMARTS) is 1. The fourth-order valence-electron chi connectivity index (χ4n) is 4.11. The summed E-state index contributed by atoms with van der Waals surface area (Å²) >= 11 is 3.36. The standard InChI is InChI=1S/C24H22N8O8S3/c1-31-24(28-18(35)19(36)29-31)43-8-11-7-41-21-15(20(37)32(21)16(11)22(38)39)27-17(34)14(13-9-42-23(25)26-13)30-40-6-10-2-4-12(33)5-3-10/h2-5,9,15,21,33H,6-8H2,1H3,(H2,25,26)(H,27,34)(H,29,36)(H,38,39)/b30-14-/t15-,21+/m1/s1. The number of oxime groups is 1. The summed E-state index contributed by atoms with van der Waals surface area (Å²) in [5.74, 6) is -2.37. The highest BCUT2D eigenvalue weighted by Crippen LogP contribution is 2.41. The van der Waals surface area contributed by atoms with Crippen molar-refractivity contribution in [2.45, 2.75) is 23.2 Å². The first kappa shape index (κ1) is 29.9. The van der Waals surface area contributed by atoms with Gasteiger partial charge in [0.2, 0.25) is 0 Å². The number of phenols is 1. The van der Waals surface area contributed by atoms with E-state index < -0.39 is 40.3 Å². The highest BCUT2D eigenvalue weighted by molar-refractivity contribution is 8.01. The largest absolute Gasteiger partial charge is 0.508 e. The Balaban J connectivity index is 1.30. The number of aliphatic carboxylic acids is 1.